The topological polar surface area (TPSA) is 52.3 Å². The van der Waals surface area contributed by atoms with E-state index >= 15 is 0 Å². The second-order valence-corrected chi connectivity index (χ2v) is 4.64. The zero-order chi connectivity index (χ0) is 10.7. The van der Waals surface area contributed by atoms with Crippen molar-refractivity contribution < 1.29 is 9.53 Å². The lowest BCUT2D eigenvalue weighted by molar-refractivity contribution is -0.126. The SMILES string of the molecule is CC(=O)C(C)(C)CCOC(C)(C)N. The Balaban J connectivity index is 3.84. The highest BCUT2D eigenvalue weighted by Gasteiger charge is 2.24. The number of hydrogen-bond donors (Lipinski definition) is 1. The molecule has 0 saturated carbocycles. The summed E-state index contributed by atoms with van der Waals surface area (Å²) in [6.45, 7) is 9.57. The lowest BCUT2D eigenvalue weighted by Gasteiger charge is -2.25. The van der Waals surface area contributed by atoms with Gasteiger partial charge in [-0.25, -0.2) is 0 Å². The molecule has 0 aliphatic heterocycles. The van der Waals surface area contributed by atoms with Crippen molar-refractivity contribution in [2.24, 2.45) is 11.1 Å². The molecule has 3 heteroatoms. The molecule has 3 nitrogen and oxygen atoms in total. The highest BCUT2D eigenvalue weighted by molar-refractivity contribution is 5.81. The van der Waals surface area contributed by atoms with Crippen LogP contribution < -0.4 is 5.73 Å². The molecular formula is C10H21NO2. The minimum absolute atomic E-state index is 0.186. The minimum Gasteiger partial charge on any atom is -0.361 e. The van der Waals surface area contributed by atoms with Crippen LogP contribution in [0.4, 0.5) is 0 Å². The predicted molar refractivity (Wildman–Crippen MR) is 53.3 cm³/mol. The van der Waals surface area contributed by atoms with Gasteiger partial charge in [0.05, 0.1) is 0 Å². The summed E-state index contributed by atoms with van der Waals surface area (Å²) in [5, 5.41) is 0. The number of carbonyl (C=O) groups excluding carboxylic acids is 1. The molecule has 0 heterocycles. The third-order valence-electron chi connectivity index (χ3n) is 2.15. The van der Waals surface area contributed by atoms with Crippen LogP contribution in [0.15, 0.2) is 0 Å². The monoisotopic (exact) mass is 187 g/mol. The van der Waals surface area contributed by atoms with E-state index in [0.29, 0.717) is 13.0 Å². The average molecular weight is 187 g/mol. The Labute approximate surface area is 80.6 Å². The molecule has 0 aliphatic carbocycles. The van der Waals surface area contributed by atoms with E-state index in [-0.39, 0.29) is 11.2 Å². The zero-order valence-electron chi connectivity index (χ0n) is 9.31. The van der Waals surface area contributed by atoms with Crippen LogP contribution in [0, 0.1) is 5.41 Å². The first-order chi connectivity index (χ1) is 5.65. The Bertz CT molecular complexity index is 180. The van der Waals surface area contributed by atoms with Gasteiger partial charge in [0.25, 0.3) is 0 Å². The molecule has 0 aromatic carbocycles. The van der Waals surface area contributed by atoms with Crippen molar-refractivity contribution in [3.05, 3.63) is 0 Å². The van der Waals surface area contributed by atoms with Crippen molar-refractivity contribution in [1.29, 1.82) is 0 Å². The molecule has 2 N–H and O–H groups in total. The van der Waals surface area contributed by atoms with E-state index in [2.05, 4.69) is 0 Å². The number of carbonyl (C=O) groups is 1. The van der Waals surface area contributed by atoms with Gasteiger partial charge in [-0.1, -0.05) is 13.8 Å². The van der Waals surface area contributed by atoms with Gasteiger partial charge in [0.15, 0.2) is 0 Å². The van der Waals surface area contributed by atoms with Gasteiger partial charge in [-0.2, -0.15) is 0 Å². The molecular weight excluding hydrogens is 166 g/mol. The van der Waals surface area contributed by atoms with Crippen LogP contribution >= 0.6 is 0 Å². The summed E-state index contributed by atoms with van der Waals surface area (Å²) in [5.74, 6) is 0.186. The van der Waals surface area contributed by atoms with Crippen molar-refractivity contribution in [1.82, 2.24) is 0 Å². The van der Waals surface area contributed by atoms with Crippen LogP contribution in [0.5, 0.6) is 0 Å². The van der Waals surface area contributed by atoms with Crippen molar-refractivity contribution in [3.63, 3.8) is 0 Å². The Morgan fingerprint density at radius 3 is 2.08 bits per heavy atom. The zero-order valence-corrected chi connectivity index (χ0v) is 9.31. The largest absolute Gasteiger partial charge is 0.361 e. The molecule has 0 spiro atoms. The number of ketones is 1. The fourth-order valence-corrected chi connectivity index (χ4v) is 0.745. The highest BCUT2D eigenvalue weighted by atomic mass is 16.5. The maximum atomic E-state index is 11.1. The van der Waals surface area contributed by atoms with Crippen LogP contribution in [0.3, 0.4) is 0 Å². The van der Waals surface area contributed by atoms with Crippen molar-refractivity contribution in [3.8, 4) is 0 Å². The molecule has 0 fully saturated rings. The van der Waals surface area contributed by atoms with Crippen LogP contribution in [0.2, 0.25) is 0 Å². The Morgan fingerprint density at radius 2 is 1.77 bits per heavy atom. The van der Waals surface area contributed by atoms with Crippen LogP contribution in [0.1, 0.15) is 41.0 Å². The predicted octanol–water partition coefficient (Wildman–Crippen LogP) is 1.70. The van der Waals surface area contributed by atoms with Gasteiger partial charge in [-0.05, 0) is 27.2 Å². The normalized spacial score (nSPS) is 13.1. The fraction of sp³-hybridized carbons (Fsp3) is 0.900. The number of Topliss-reactive ketones (excluding diaryl/α,β-unsaturated/α-hetero) is 1. The highest BCUT2D eigenvalue weighted by Crippen LogP contribution is 2.21. The molecule has 0 amide bonds. The summed E-state index contributed by atoms with van der Waals surface area (Å²) in [4.78, 5) is 11.1. The number of ether oxygens (including phenoxy) is 1. The van der Waals surface area contributed by atoms with Gasteiger partial charge in [-0.15, -0.1) is 0 Å². The molecule has 0 atom stereocenters. The molecule has 0 saturated heterocycles. The molecule has 78 valence electrons. The summed E-state index contributed by atoms with van der Waals surface area (Å²) >= 11 is 0. The van der Waals surface area contributed by atoms with E-state index in [4.69, 9.17) is 10.5 Å². The quantitative estimate of drug-likeness (QED) is 0.666. The van der Waals surface area contributed by atoms with Crippen LogP contribution in [0.25, 0.3) is 0 Å². The Morgan fingerprint density at radius 1 is 1.31 bits per heavy atom. The van der Waals surface area contributed by atoms with E-state index in [1.54, 1.807) is 20.8 Å². The smallest absolute Gasteiger partial charge is 0.135 e. The number of rotatable bonds is 5. The Hall–Kier alpha value is -0.410. The summed E-state index contributed by atoms with van der Waals surface area (Å²) in [7, 11) is 0. The van der Waals surface area contributed by atoms with Gasteiger partial charge in [0, 0.05) is 12.0 Å². The van der Waals surface area contributed by atoms with Gasteiger partial charge in [0.2, 0.25) is 0 Å². The first-order valence-electron chi connectivity index (χ1n) is 4.59. The van der Waals surface area contributed by atoms with Crippen LogP contribution in [-0.4, -0.2) is 18.1 Å². The third kappa shape index (κ3) is 5.77. The minimum atomic E-state index is -0.604. The van der Waals surface area contributed by atoms with E-state index in [1.165, 1.54) is 0 Å². The van der Waals surface area contributed by atoms with Crippen molar-refractivity contribution in [2.45, 2.75) is 46.8 Å². The van der Waals surface area contributed by atoms with Gasteiger partial charge < -0.3 is 10.5 Å². The third-order valence-corrected chi connectivity index (χ3v) is 2.15. The first kappa shape index (κ1) is 12.6. The standard InChI is InChI=1S/C10H21NO2/c1-8(12)9(2,3)6-7-13-10(4,5)11/h6-7,11H2,1-5H3. The van der Waals surface area contributed by atoms with E-state index in [0.717, 1.165) is 0 Å². The van der Waals surface area contributed by atoms with Crippen molar-refractivity contribution in [2.75, 3.05) is 6.61 Å². The fourth-order valence-electron chi connectivity index (χ4n) is 0.745. The maximum Gasteiger partial charge on any atom is 0.135 e. The summed E-state index contributed by atoms with van der Waals surface area (Å²) in [6, 6.07) is 0. The summed E-state index contributed by atoms with van der Waals surface area (Å²) in [6.07, 6.45) is 0.711. The first-order valence-corrected chi connectivity index (χ1v) is 4.59. The second kappa shape index (κ2) is 4.20. The number of nitrogens with two attached hydrogens (primary N) is 1. The summed E-state index contributed by atoms with van der Waals surface area (Å²) in [5.41, 5.74) is 4.73. The molecule has 0 aliphatic rings. The lowest BCUT2D eigenvalue weighted by atomic mass is 9.86. The molecule has 0 unspecified atom stereocenters. The van der Waals surface area contributed by atoms with E-state index < -0.39 is 5.72 Å². The Kier molecular flexibility index (Phi) is 4.07. The number of hydrogen-bond acceptors (Lipinski definition) is 3. The molecule has 0 aromatic heterocycles. The second-order valence-electron chi connectivity index (χ2n) is 4.64. The molecule has 0 radical (unpaired) electrons. The van der Waals surface area contributed by atoms with Crippen LogP contribution in [-0.2, 0) is 9.53 Å². The average Bonchev–Trinajstić information content (AvgIpc) is 1.82. The molecule has 13 heavy (non-hydrogen) atoms. The lowest BCUT2D eigenvalue weighted by Crippen LogP contribution is -2.37. The van der Waals surface area contributed by atoms with Crippen molar-refractivity contribution >= 4 is 5.78 Å². The van der Waals surface area contributed by atoms with E-state index in [1.807, 2.05) is 13.8 Å². The van der Waals surface area contributed by atoms with Gasteiger partial charge in [0.1, 0.15) is 11.5 Å². The molecule has 0 bridgehead atoms. The van der Waals surface area contributed by atoms with E-state index in [9.17, 15) is 4.79 Å². The summed E-state index contributed by atoms with van der Waals surface area (Å²) < 4.78 is 5.34. The molecule has 0 rings (SSSR count). The molecule has 0 aromatic rings. The van der Waals surface area contributed by atoms with Gasteiger partial charge in [-0.3, -0.25) is 4.79 Å². The maximum absolute atomic E-state index is 11.1. The van der Waals surface area contributed by atoms with Gasteiger partial charge >= 0.3 is 0 Å².